The predicted molar refractivity (Wildman–Crippen MR) is 236 cm³/mol. The van der Waals surface area contributed by atoms with E-state index in [2.05, 4.69) is 20.8 Å². The fourth-order valence-corrected chi connectivity index (χ4v) is 8.33. The van der Waals surface area contributed by atoms with Gasteiger partial charge in [0.15, 0.2) is 0 Å². The van der Waals surface area contributed by atoms with Crippen molar-refractivity contribution in [3.8, 4) is 17.2 Å². The maximum atomic E-state index is 14.8. The van der Waals surface area contributed by atoms with E-state index in [0.29, 0.717) is 24.1 Å². The number of benzene rings is 3. The van der Waals surface area contributed by atoms with Crippen molar-refractivity contribution in [3.05, 3.63) is 89.0 Å². The quantitative estimate of drug-likeness (QED) is 0.0212. The molecule has 3 aromatic rings. The van der Waals surface area contributed by atoms with E-state index >= 15 is 0 Å². The van der Waals surface area contributed by atoms with Crippen LogP contribution in [-0.2, 0) is 29.0 Å². The first-order chi connectivity index (χ1) is 30.3. The molecular formula is C49H70BF9NO4+. The van der Waals surface area contributed by atoms with Crippen LogP contribution in [0.25, 0.3) is 0 Å². The van der Waals surface area contributed by atoms with Crippen LogP contribution in [0.15, 0.2) is 66.7 Å². The number of rotatable bonds is 31. The topological polar surface area (TPSA) is 36.9 Å². The second-order valence-electron chi connectivity index (χ2n) is 16.9. The zero-order valence-electron chi connectivity index (χ0n) is 38.5. The molecule has 0 saturated carbocycles. The summed E-state index contributed by atoms with van der Waals surface area (Å²) in [5, 5.41) is 0. The molecule has 0 aromatic heterocycles. The number of quaternary nitrogens is 1. The number of hydrogen-bond acceptors (Lipinski definition) is 4. The Morgan fingerprint density at radius 1 is 0.438 bits per heavy atom. The second-order valence-corrected chi connectivity index (χ2v) is 16.9. The lowest BCUT2D eigenvalue weighted by Crippen LogP contribution is -2.64. The molecule has 0 fully saturated rings. The van der Waals surface area contributed by atoms with E-state index in [1.54, 1.807) is 6.92 Å². The van der Waals surface area contributed by atoms with Crippen molar-refractivity contribution in [2.24, 2.45) is 0 Å². The molecule has 1 atom stereocenters. The zero-order chi connectivity index (χ0) is 47.3. The molecule has 0 heterocycles. The molecule has 0 aliphatic carbocycles. The van der Waals surface area contributed by atoms with Gasteiger partial charge in [-0.3, -0.25) is 4.48 Å². The summed E-state index contributed by atoms with van der Waals surface area (Å²) in [4.78, 5) is 0. The van der Waals surface area contributed by atoms with Crippen molar-refractivity contribution >= 4 is 7.32 Å². The van der Waals surface area contributed by atoms with Gasteiger partial charge in [-0.25, -0.2) is 0 Å². The molecule has 64 heavy (non-hydrogen) atoms. The highest BCUT2D eigenvalue weighted by atomic mass is 19.4. The van der Waals surface area contributed by atoms with Crippen LogP contribution in [-0.4, -0.2) is 38.0 Å². The van der Waals surface area contributed by atoms with E-state index in [0.717, 1.165) is 182 Å². The van der Waals surface area contributed by atoms with Crippen molar-refractivity contribution in [2.75, 3.05) is 26.2 Å². The number of alkyl halides is 9. The van der Waals surface area contributed by atoms with E-state index in [4.69, 9.17) is 18.7 Å². The zero-order valence-corrected chi connectivity index (χ0v) is 38.5. The van der Waals surface area contributed by atoms with Crippen molar-refractivity contribution in [3.63, 3.8) is 0 Å². The Bertz CT molecular complexity index is 1640. The molecule has 15 heteroatoms. The van der Waals surface area contributed by atoms with Gasteiger partial charge < -0.3 is 18.7 Å². The third-order valence-electron chi connectivity index (χ3n) is 12.0. The molecule has 0 aliphatic heterocycles. The Morgan fingerprint density at radius 2 is 0.781 bits per heavy atom. The molecule has 5 nitrogen and oxygen atoms in total. The lowest BCUT2D eigenvalue weighted by Gasteiger charge is -2.52. The number of unbranched alkanes of at least 4 members (excludes halogenated alkanes) is 15. The third-order valence-corrected chi connectivity index (χ3v) is 12.0. The maximum Gasteiger partial charge on any atom is 0.864 e. The Hall–Kier alpha value is -3.59. The molecule has 0 aliphatic rings. The summed E-state index contributed by atoms with van der Waals surface area (Å²) in [5.74, 6) is -0.431. The lowest BCUT2D eigenvalue weighted by atomic mass is 9.92. The van der Waals surface area contributed by atoms with Crippen LogP contribution in [0, 0.1) is 0 Å². The fourth-order valence-electron chi connectivity index (χ4n) is 8.33. The van der Waals surface area contributed by atoms with E-state index in [1.807, 2.05) is 6.92 Å². The fraction of sp³-hybridized carbons (Fsp3) is 0.633. The summed E-state index contributed by atoms with van der Waals surface area (Å²) in [6.07, 6.45) is 4.07. The van der Waals surface area contributed by atoms with Gasteiger partial charge in [0, 0.05) is 6.92 Å². The molecular weight excluding hydrogens is 848 g/mol. The normalized spacial score (nSPS) is 13.5. The van der Waals surface area contributed by atoms with Crippen molar-refractivity contribution in [1.82, 2.24) is 0 Å². The Morgan fingerprint density at radius 3 is 1.12 bits per heavy atom. The van der Waals surface area contributed by atoms with Gasteiger partial charge in [0.1, 0.15) is 17.2 Å². The van der Waals surface area contributed by atoms with Crippen LogP contribution >= 0.6 is 0 Å². The standard InChI is InChI=1S/C49H70BF9NO4/c1-6-10-13-16-19-22-35-60(36-23-20-17-14-11-7-2,37-24-21-18-15-12-8-3)46(5,61-9-4)44-38-41(49(57,58)59)29-34-45(44)64-50(62-42-30-25-39(26-31-42)47(51,52)53)63-43-32-27-40(28-33-43)48(54,55)56/h25-34,38H,6-24,35-37H2,1-5H3/q+1. The molecule has 3 aromatic carbocycles. The summed E-state index contributed by atoms with van der Waals surface area (Å²) < 4.78 is 151. The summed E-state index contributed by atoms with van der Waals surface area (Å²) in [5.41, 5.74) is -4.23. The first-order valence-electron chi connectivity index (χ1n) is 23.4. The van der Waals surface area contributed by atoms with Gasteiger partial charge >= 0.3 is 25.9 Å². The average molecular weight is 919 g/mol. The summed E-state index contributed by atoms with van der Waals surface area (Å²) in [6.45, 7) is 12.1. The number of ether oxygens (including phenoxy) is 1. The van der Waals surface area contributed by atoms with Gasteiger partial charge in [0.25, 0.3) is 0 Å². The maximum absolute atomic E-state index is 14.8. The molecule has 0 spiro atoms. The smallest absolute Gasteiger partial charge is 0.490 e. The highest BCUT2D eigenvalue weighted by Gasteiger charge is 2.52. The minimum absolute atomic E-state index is 0.0733. The Kier molecular flexibility index (Phi) is 22.7. The van der Waals surface area contributed by atoms with Gasteiger partial charge in [0.05, 0.1) is 48.5 Å². The minimum atomic E-state index is -4.76. The summed E-state index contributed by atoms with van der Waals surface area (Å²) in [6, 6.07) is 10.3. The van der Waals surface area contributed by atoms with Crippen molar-refractivity contribution in [2.45, 2.75) is 174 Å². The van der Waals surface area contributed by atoms with Crippen LogP contribution in [0.5, 0.6) is 17.2 Å². The monoisotopic (exact) mass is 919 g/mol. The molecule has 3 rings (SSSR count). The van der Waals surface area contributed by atoms with Crippen LogP contribution in [0.2, 0.25) is 0 Å². The largest absolute Gasteiger partial charge is 0.864 e. The number of halogens is 9. The van der Waals surface area contributed by atoms with Gasteiger partial charge in [0.2, 0.25) is 5.72 Å². The molecule has 0 N–H and O–H groups in total. The van der Waals surface area contributed by atoms with Gasteiger partial charge in [-0.2, -0.15) is 39.5 Å². The second kappa shape index (κ2) is 26.5. The summed E-state index contributed by atoms with van der Waals surface area (Å²) in [7, 11) is -1.90. The number of nitrogens with zero attached hydrogens (tertiary/aromatic N) is 1. The molecule has 0 amide bonds. The van der Waals surface area contributed by atoms with Gasteiger partial charge in [-0.1, -0.05) is 97.8 Å². The van der Waals surface area contributed by atoms with E-state index < -0.39 is 48.3 Å². The van der Waals surface area contributed by atoms with Gasteiger partial charge in [-0.15, -0.1) is 0 Å². The van der Waals surface area contributed by atoms with E-state index in [-0.39, 0.29) is 29.4 Å². The Balaban J connectivity index is 2.26. The van der Waals surface area contributed by atoms with Crippen LogP contribution in [0.3, 0.4) is 0 Å². The molecule has 0 saturated heterocycles. The van der Waals surface area contributed by atoms with Crippen molar-refractivity contribution in [1.29, 1.82) is 0 Å². The van der Waals surface area contributed by atoms with Crippen molar-refractivity contribution < 1.29 is 62.7 Å². The third kappa shape index (κ3) is 17.3. The highest BCUT2D eigenvalue weighted by molar-refractivity contribution is 6.39. The summed E-state index contributed by atoms with van der Waals surface area (Å²) >= 11 is 0. The highest BCUT2D eigenvalue weighted by Crippen LogP contribution is 2.46. The Labute approximate surface area is 376 Å². The van der Waals surface area contributed by atoms with Crippen LogP contribution < -0.4 is 14.0 Å². The number of hydrogen-bond donors (Lipinski definition) is 0. The van der Waals surface area contributed by atoms with E-state index in [9.17, 15) is 39.5 Å². The predicted octanol–water partition coefficient (Wildman–Crippen LogP) is 16.4. The molecule has 0 radical (unpaired) electrons. The minimum Gasteiger partial charge on any atom is -0.490 e. The lowest BCUT2D eigenvalue weighted by molar-refractivity contribution is -1.01. The molecule has 1 unspecified atom stereocenters. The SMILES string of the molecule is CCCCCCCC[N+](CCCCCCCC)(CCCCCCCC)C(C)(OCC)c1cc(C(F)(F)F)ccc1OB(Oc1ccc(C(F)(F)F)cc1)Oc1ccc(C(F)(F)F)cc1. The first kappa shape index (κ1) is 54.7. The van der Waals surface area contributed by atoms with Crippen LogP contribution in [0.1, 0.15) is 172 Å². The molecule has 0 bridgehead atoms. The molecule has 360 valence electrons. The van der Waals surface area contributed by atoms with Gasteiger partial charge in [-0.05, 0) is 112 Å². The van der Waals surface area contributed by atoms with Crippen LogP contribution in [0.4, 0.5) is 39.5 Å². The first-order valence-corrected chi connectivity index (χ1v) is 23.4. The average Bonchev–Trinajstić information content (AvgIpc) is 3.23. The van der Waals surface area contributed by atoms with E-state index in [1.165, 1.54) is 0 Å².